The number of carbonyl (C=O) groups is 1. The van der Waals surface area contributed by atoms with E-state index >= 15 is 0 Å². The molecule has 1 saturated heterocycles. The van der Waals surface area contributed by atoms with Crippen LogP contribution in [-0.4, -0.2) is 39.7 Å². The molecule has 0 spiro atoms. The number of hydrogen-bond acceptors (Lipinski definition) is 4. The van der Waals surface area contributed by atoms with Crippen molar-refractivity contribution in [2.24, 2.45) is 5.92 Å². The van der Waals surface area contributed by atoms with Gasteiger partial charge in [0.15, 0.2) is 0 Å². The van der Waals surface area contributed by atoms with Gasteiger partial charge in [-0.3, -0.25) is 4.90 Å². The maximum Gasteiger partial charge on any atom is 0.335 e. The highest BCUT2D eigenvalue weighted by Gasteiger charge is 2.36. The van der Waals surface area contributed by atoms with E-state index in [0.29, 0.717) is 22.6 Å². The molecular weight excluding hydrogens is 436 g/mol. The minimum atomic E-state index is -0.897. The van der Waals surface area contributed by atoms with Crippen LogP contribution in [0.25, 0.3) is 11.1 Å². The second-order valence-corrected chi connectivity index (χ2v) is 9.49. The Morgan fingerprint density at radius 1 is 1.21 bits per heavy atom. The molecule has 0 amide bonds. The van der Waals surface area contributed by atoms with Crippen LogP contribution in [-0.2, 0) is 4.79 Å². The lowest BCUT2D eigenvalue weighted by molar-refractivity contribution is -0.132. The van der Waals surface area contributed by atoms with Crippen LogP contribution in [0, 0.1) is 17.2 Å². The van der Waals surface area contributed by atoms with Gasteiger partial charge in [0, 0.05) is 10.6 Å². The molecule has 0 bridgehead atoms. The molecule has 5 nitrogen and oxygen atoms in total. The third-order valence-electron chi connectivity index (χ3n) is 6.97. The summed E-state index contributed by atoms with van der Waals surface area (Å²) < 4.78 is 0. The normalized spacial score (nSPS) is 22.4. The number of aliphatic carboxylic acids is 1. The van der Waals surface area contributed by atoms with Crippen molar-refractivity contribution in [2.45, 2.75) is 37.8 Å². The molecule has 0 aromatic heterocycles. The highest BCUT2D eigenvalue weighted by molar-refractivity contribution is 6.30. The minimum absolute atomic E-state index is 0.0718. The van der Waals surface area contributed by atoms with Gasteiger partial charge in [-0.2, -0.15) is 5.26 Å². The molecule has 1 aliphatic carbocycles. The second kappa shape index (κ2) is 9.52. The summed E-state index contributed by atoms with van der Waals surface area (Å²) in [5, 5.41) is 30.6. The van der Waals surface area contributed by atoms with Gasteiger partial charge in [0.25, 0.3) is 0 Å². The van der Waals surface area contributed by atoms with Crippen LogP contribution in [0.15, 0.2) is 66.3 Å². The monoisotopic (exact) mass is 462 g/mol. The van der Waals surface area contributed by atoms with Gasteiger partial charge in [0.2, 0.25) is 0 Å². The number of benzene rings is 2. The van der Waals surface area contributed by atoms with Gasteiger partial charge in [-0.15, -0.1) is 0 Å². The Labute approximate surface area is 199 Å². The lowest BCUT2D eigenvalue weighted by atomic mass is 9.81. The summed E-state index contributed by atoms with van der Waals surface area (Å²) in [6.07, 6.45) is 7.08. The fourth-order valence-corrected chi connectivity index (χ4v) is 4.99. The van der Waals surface area contributed by atoms with E-state index in [9.17, 15) is 20.3 Å². The van der Waals surface area contributed by atoms with E-state index in [2.05, 4.69) is 17.9 Å². The number of rotatable bonds is 5. The Kier molecular flexibility index (Phi) is 6.71. The van der Waals surface area contributed by atoms with E-state index in [4.69, 9.17) is 11.6 Å². The van der Waals surface area contributed by atoms with Crippen LogP contribution in [0.1, 0.15) is 43.4 Å². The first-order valence-electron chi connectivity index (χ1n) is 11.2. The molecule has 4 rings (SSSR count). The number of nitriles is 1. The number of hydrogen-bond donors (Lipinski definition) is 2. The number of aliphatic hydroxyl groups excluding tert-OH is 1. The summed E-state index contributed by atoms with van der Waals surface area (Å²) in [5.41, 5.74) is 3.28. The van der Waals surface area contributed by atoms with E-state index in [-0.39, 0.29) is 11.5 Å². The Hall–Kier alpha value is -2.91. The van der Waals surface area contributed by atoms with Crippen LogP contribution in [0.5, 0.6) is 0 Å². The van der Waals surface area contributed by atoms with Gasteiger partial charge < -0.3 is 10.2 Å². The first-order chi connectivity index (χ1) is 15.8. The number of halogens is 1. The zero-order valence-corrected chi connectivity index (χ0v) is 19.3. The highest BCUT2D eigenvalue weighted by Crippen LogP contribution is 2.39. The van der Waals surface area contributed by atoms with Crippen molar-refractivity contribution >= 4 is 17.6 Å². The van der Waals surface area contributed by atoms with Crippen molar-refractivity contribution < 1.29 is 15.0 Å². The lowest BCUT2D eigenvalue weighted by Gasteiger charge is -2.45. The third kappa shape index (κ3) is 4.89. The quantitative estimate of drug-likeness (QED) is 0.625. The molecule has 1 aliphatic heterocycles. The fraction of sp³-hybridized carbons (Fsp3) is 0.333. The summed E-state index contributed by atoms with van der Waals surface area (Å²) in [6, 6.07) is 15.2. The molecule has 33 heavy (non-hydrogen) atoms. The van der Waals surface area contributed by atoms with Crippen LogP contribution < -0.4 is 0 Å². The van der Waals surface area contributed by atoms with Gasteiger partial charge in [-0.05, 0) is 86.1 Å². The number of carboxylic acid groups (broad SMARTS) is 1. The Bertz CT molecular complexity index is 1140. The van der Waals surface area contributed by atoms with Crippen molar-refractivity contribution in [3.8, 4) is 17.2 Å². The van der Waals surface area contributed by atoms with Crippen molar-refractivity contribution in [1.82, 2.24) is 4.90 Å². The predicted molar refractivity (Wildman–Crippen MR) is 129 cm³/mol. The Morgan fingerprint density at radius 2 is 1.91 bits per heavy atom. The third-order valence-corrected chi connectivity index (χ3v) is 7.22. The molecular formula is C27H27ClN2O3. The lowest BCUT2D eigenvalue weighted by Crippen LogP contribution is -2.49. The summed E-state index contributed by atoms with van der Waals surface area (Å²) in [6.45, 7) is 3.75. The molecule has 6 heteroatoms. The standard InChI is InChI=1S/C27H27ClN2O3/c1-27(12-8-21(9-13-27)26(32)33)30-14-10-20(11-15-30)25(31)24-16-18(17-29)2-7-23(24)19-3-5-22(28)6-4-19/h2-9,12,16,20,25,31H,10-11,13-15H2,1H3,(H,32,33). The summed E-state index contributed by atoms with van der Waals surface area (Å²) in [7, 11) is 0. The predicted octanol–water partition coefficient (Wildman–Crippen LogP) is 5.35. The zero-order chi connectivity index (χ0) is 23.6. The highest BCUT2D eigenvalue weighted by atomic mass is 35.5. The van der Waals surface area contributed by atoms with E-state index in [1.807, 2.05) is 36.4 Å². The van der Waals surface area contributed by atoms with Gasteiger partial charge in [0.05, 0.1) is 23.3 Å². The molecule has 2 N–H and O–H groups in total. The molecule has 2 aromatic carbocycles. The van der Waals surface area contributed by atoms with E-state index in [1.54, 1.807) is 24.3 Å². The minimum Gasteiger partial charge on any atom is -0.478 e. The SMILES string of the molecule is CC1(N2CCC(C(O)c3cc(C#N)ccc3-c3ccc(Cl)cc3)CC2)C=CC(C(=O)O)=CC1. The Morgan fingerprint density at radius 3 is 2.48 bits per heavy atom. The zero-order valence-electron chi connectivity index (χ0n) is 18.5. The summed E-state index contributed by atoms with van der Waals surface area (Å²) in [5.74, 6) is -0.825. The van der Waals surface area contributed by atoms with Gasteiger partial charge >= 0.3 is 5.97 Å². The number of aliphatic hydroxyl groups is 1. The fourth-order valence-electron chi connectivity index (χ4n) is 4.86. The molecule has 0 radical (unpaired) electrons. The molecule has 1 fully saturated rings. The molecule has 0 saturated carbocycles. The topological polar surface area (TPSA) is 84.6 Å². The van der Waals surface area contributed by atoms with Crippen molar-refractivity contribution in [3.05, 3.63) is 82.4 Å². The van der Waals surface area contributed by atoms with E-state index in [0.717, 1.165) is 42.6 Å². The largest absolute Gasteiger partial charge is 0.478 e. The molecule has 170 valence electrons. The molecule has 1 heterocycles. The average Bonchev–Trinajstić information content (AvgIpc) is 2.84. The van der Waals surface area contributed by atoms with Gasteiger partial charge in [-0.25, -0.2) is 4.79 Å². The van der Waals surface area contributed by atoms with Crippen molar-refractivity contribution in [3.63, 3.8) is 0 Å². The molecule has 2 atom stereocenters. The van der Waals surface area contributed by atoms with Gasteiger partial charge in [-0.1, -0.05) is 48.0 Å². The molecule has 2 aromatic rings. The van der Waals surface area contributed by atoms with E-state index in [1.165, 1.54) is 0 Å². The number of likely N-dealkylation sites (tertiary alicyclic amines) is 1. The summed E-state index contributed by atoms with van der Waals surface area (Å²) >= 11 is 6.05. The van der Waals surface area contributed by atoms with Crippen LogP contribution in [0.4, 0.5) is 0 Å². The summed E-state index contributed by atoms with van der Waals surface area (Å²) in [4.78, 5) is 13.6. The first kappa shape index (κ1) is 23.3. The van der Waals surface area contributed by atoms with Crippen molar-refractivity contribution in [2.75, 3.05) is 13.1 Å². The van der Waals surface area contributed by atoms with Gasteiger partial charge in [0.1, 0.15) is 0 Å². The van der Waals surface area contributed by atoms with E-state index < -0.39 is 12.1 Å². The smallest absolute Gasteiger partial charge is 0.335 e. The van der Waals surface area contributed by atoms with Crippen LogP contribution in [0.3, 0.4) is 0 Å². The first-order valence-corrected chi connectivity index (χ1v) is 11.5. The maximum atomic E-state index is 11.4. The second-order valence-electron chi connectivity index (χ2n) is 9.05. The number of piperidine rings is 1. The molecule has 2 aliphatic rings. The van der Waals surface area contributed by atoms with Crippen molar-refractivity contribution in [1.29, 1.82) is 5.26 Å². The Balaban J connectivity index is 1.51. The van der Waals surface area contributed by atoms with Crippen LogP contribution in [0.2, 0.25) is 5.02 Å². The molecule has 2 unspecified atom stereocenters. The number of carboxylic acids is 1. The maximum absolute atomic E-state index is 11.4. The average molecular weight is 463 g/mol. The number of nitrogens with zero attached hydrogens (tertiary/aromatic N) is 2. The van der Waals surface area contributed by atoms with Crippen LogP contribution >= 0.6 is 11.6 Å².